The van der Waals surface area contributed by atoms with Gasteiger partial charge in [0.05, 0.1) is 0 Å². The molecule has 0 saturated carbocycles. The van der Waals surface area contributed by atoms with Crippen molar-refractivity contribution in [3.8, 4) is 0 Å². The maximum atomic E-state index is 5.97. The van der Waals surface area contributed by atoms with Crippen LogP contribution in [0.4, 0.5) is 5.69 Å². The molecule has 0 aliphatic carbocycles. The Morgan fingerprint density at radius 2 is 1.84 bits per heavy atom. The summed E-state index contributed by atoms with van der Waals surface area (Å²) in [5.41, 5.74) is 8.10. The van der Waals surface area contributed by atoms with Crippen molar-refractivity contribution in [1.29, 1.82) is 0 Å². The molecule has 1 rings (SSSR count). The van der Waals surface area contributed by atoms with Crippen molar-refractivity contribution in [1.82, 2.24) is 4.90 Å². The molecule has 3 heteroatoms. The molecule has 0 aliphatic rings. The summed E-state index contributed by atoms with van der Waals surface area (Å²) in [5.74, 6) is 0.688. The highest BCUT2D eigenvalue weighted by Crippen LogP contribution is 2.22. The molecular weight excluding hydrogens is 300 g/mol. The van der Waals surface area contributed by atoms with Crippen LogP contribution in [0.15, 0.2) is 22.7 Å². The van der Waals surface area contributed by atoms with Gasteiger partial charge in [-0.1, -0.05) is 33.8 Å². The standard InChI is InChI=1S/C16H27BrN2/c1-5-14(6-2)19(10-12(3)4)11-13-7-8-15(17)16(18)9-13/h7-9,12,14H,5-6,10-11,18H2,1-4H3. The molecule has 1 aromatic rings. The second kappa shape index (κ2) is 7.91. The summed E-state index contributed by atoms with van der Waals surface area (Å²) in [6.07, 6.45) is 2.41. The summed E-state index contributed by atoms with van der Waals surface area (Å²) in [4.78, 5) is 2.59. The van der Waals surface area contributed by atoms with Gasteiger partial charge in [-0.15, -0.1) is 0 Å². The van der Waals surface area contributed by atoms with Gasteiger partial charge < -0.3 is 5.73 Å². The van der Waals surface area contributed by atoms with Gasteiger partial charge in [0.15, 0.2) is 0 Å². The lowest BCUT2D eigenvalue weighted by molar-refractivity contribution is 0.157. The highest BCUT2D eigenvalue weighted by Gasteiger charge is 2.16. The minimum atomic E-state index is 0.660. The lowest BCUT2D eigenvalue weighted by atomic mass is 10.1. The Morgan fingerprint density at radius 3 is 2.32 bits per heavy atom. The maximum Gasteiger partial charge on any atom is 0.0461 e. The van der Waals surface area contributed by atoms with Crippen LogP contribution in [0.2, 0.25) is 0 Å². The first-order valence-corrected chi connectivity index (χ1v) is 8.05. The van der Waals surface area contributed by atoms with Crippen molar-refractivity contribution in [2.75, 3.05) is 12.3 Å². The largest absolute Gasteiger partial charge is 0.398 e. The van der Waals surface area contributed by atoms with Crippen LogP contribution < -0.4 is 5.73 Å². The Kier molecular flexibility index (Phi) is 6.87. The van der Waals surface area contributed by atoms with E-state index in [1.165, 1.54) is 18.4 Å². The van der Waals surface area contributed by atoms with Gasteiger partial charge in [0.25, 0.3) is 0 Å². The average Bonchev–Trinajstić information content (AvgIpc) is 2.34. The summed E-state index contributed by atoms with van der Waals surface area (Å²) < 4.78 is 0.981. The van der Waals surface area contributed by atoms with Crippen molar-refractivity contribution in [2.24, 2.45) is 5.92 Å². The van der Waals surface area contributed by atoms with E-state index in [0.29, 0.717) is 12.0 Å². The average molecular weight is 327 g/mol. The first-order chi connectivity index (χ1) is 8.97. The Labute approximate surface area is 126 Å². The zero-order valence-electron chi connectivity index (χ0n) is 12.6. The lowest BCUT2D eigenvalue weighted by Crippen LogP contribution is -2.36. The minimum Gasteiger partial charge on any atom is -0.398 e. The van der Waals surface area contributed by atoms with Gasteiger partial charge in [-0.3, -0.25) is 4.90 Å². The Morgan fingerprint density at radius 1 is 1.21 bits per heavy atom. The Bertz CT molecular complexity index is 386. The number of anilines is 1. The van der Waals surface area contributed by atoms with Crippen LogP contribution in [0, 0.1) is 5.92 Å². The van der Waals surface area contributed by atoms with E-state index in [1.54, 1.807) is 0 Å². The molecule has 19 heavy (non-hydrogen) atoms. The van der Waals surface area contributed by atoms with Gasteiger partial charge in [-0.2, -0.15) is 0 Å². The molecule has 0 atom stereocenters. The van der Waals surface area contributed by atoms with Crippen LogP contribution >= 0.6 is 15.9 Å². The van der Waals surface area contributed by atoms with E-state index in [0.717, 1.165) is 23.2 Å². The zero-order chi connectivity index (χ0) is 14.4. The summed E-state index contributed by atoms with van der Waals surface area (Å²) in [5, 5.41) is 0. The fourth-order valence-electron chi connectivity index (χ4n) is 2.54. The van der Waals surface area contributed by atoms with Crippen LogP contribution in [0.3, 0.4) is 0 Å². The summed E-state index contributed by atoms with van der Waals surface area (Å²) in [6, 6.07) is 6.95. The van der Waals surface area contributed by atoms with Gasteiger partial charge in [0.1, 0.15) is 0 Å². The van der Waals surface area contributed by atoms with Gasteiger partial charge in [0.2, 0.25) is 0 Å². The van der Waals surface area contributed by atoms with E-state index >= 15 is 0 Å². The molecule has 2 nitrogen and oxygen atoms in total. The van der Waals surface area contributed by atoms with Crippen LogP contribution in [0.5, 0.6) is 0 Å². The predicted octanol–water partition coefficient (Wildman–Crippen LogP) is 4.68. The minimum absolute atomic E-state index is 0.660. The van der Waals surface area contributed by atoms with Gasteiger partial charge in [0, 0.05) is 29.3 Å². The summed E-state index contributed by atoms with van der Waals surface area (Å²) in [6.45, 7) is 11.2. The molecule has 1 aromatic carbocycles. The molecule has 0 heterocycles. The monoisotopic (exact) mass is 326 g/mol. The Hall–Kier alpha value is -0.540. The third-order valence-electron chi connectivity index (χ3n) is 3.50. The SMILES string of the molecule is CCC(CC)N(Cc1ccc(Br)c(N)c1)CC(C)C. The molecule has 108 valence electrons. The number of benzene rings is 1. The molecule has 2 N–H and O–H groups in total. The highest BCUT2D eigenvalue weighted by atomic mass is 79.9. The van der Waals surface area contributed by atoms with Crippen molar-refractivity contribution in [3.63, 3.8) is 0 Å². The maximum absolute atomic E-state index is 5.97. The van der Waals surface area contributed by atoms with Crippen LogP contribution in [0.25, 0.3) is 0 Å². The van der Waals surface area contributed by atoms with E-state index < -0.39 is 0 Å². The molecular formula is C16H27BrN2. The van der Waals surface area contributed by atoms with Crippen molar-refractivity contribution >= 4 is 21.6 Å². The summed E-state index contributed by atoms with van der Waals surface area (Å²) in [7, 11) is 0. The fraction of sp³-hybridized carbons (Fsp3) is 0.625. The number of hydrogen-bond acceptors (Lipinski definition) is 2. The van der Waals surface area contributed by atoms with Gasteiger partial charge >= 0.3 is 0 Å². The van der Waals surface area contributed by atoms with Crippen molar-refractivity contribution in [2.45, 2.75) is 53.1 Å². The number of nitrogen functional groups attached to an aromatic ring is 1. The third kappa shape index (κ3) is 5.15. The van der Waals surface area contributed by atoms with Crippen molar-refractivity contribution < 1.29 is 0 Å². The number of halogens is 1. The normalized spacial score (nSPS) is 11.8. The smallest absolute Gasteiger partial charge is 0.0461 e. The molecule has 0 aliphatic heterocycles. The van der Waals surface area contributed by atoms with Gasteiger partial charge in [-0.25, -0.2) is 0 Å². The van der Waals surface area contributed by atoms with E-state index in [1.807, 2.05) is 6.07 Å². The molecule has 0 saturated heterocycles. The van der Waals surface area contributed by atoms with Crippen LogP contribution in [-0.4, -0.2) is 17.5 Å². The zero-order valence-corrected chi connectivity index (χ0v) is 14.2. The Balaban J connectivity index is 2.83. The summed E-state index contributed by atoms with van der Waals surface area (Å²) >= 11 is 3.45. The van der Waals surface area contributed by atoms with Crippen LogP contribution in [0.1, 0.15) is 46.1 Å². The quantitative estimate of drug-likeness (QED) is 0.737. The predicted molar refractivity (Wildman–Crippen MR) is 88.2 cm³/mol. The highest BCUT2D eigenvalue weighted by molar-refractivity contribution is 9.10. The first kappa shape index (κ1) is 16.5. The molecule has 0 bridgehead atoms. The first-order valence-electron chi connectivity index (χ1n) is 7.25. The van der Waals surface area contributed by atoms with E-state index in [2.05, 4.69) is 60.7 Å². The topological polar surface area (TPSA) is 29.3 Å². The molecule has 0 spiro atoms. The number of hydrogen-bond donors (Lipinski definition) is 1. The molecule has 0 unspecified atom stereocenters. The number of nitrogens with two attached hydrogens (primary N) is 1. The molecule has 0 amide bonds. The second-order valence-electron chi connectivity index (χ2n) is 5.65. The fourth-order valence-corrected chi connectivity index (χ4v) is 2.79. The van der Waals surface area contributed by atoms with Crippen LogP contribution in [-0.2, 0) is 6.54 Å². The number of rotatable bonds is 7. The molecule has 0 aromatic heterocycles. The molecule has 0 fully saturated rings. The van der Waals surface area contributed by atoms with E-state index in [9.17, 15) is 0 Å². The van der Waals surface area contributed by atoms with E-state index in [-0.39, 0.29) is 0 Å². The lowest BCUT2D eigenvalue weighted by Gasteiger charge is -2.32. The third-order valence-corrected chi connectivity index (χ3v) is 4.23. The molecule has 0 radical (unpaired) electrons. The number of nitrogens with zero attached hydrogens (tertiary/aromatic N) is 1. The second-order valence-corrected chi connectivity index (χ2v) is 6.50. The van der Waals surface area contributed by atoms with Crippen molar-refractivity contribution in [3.05, 3.63) is 28.2 Å². The van der Waals surface area contributed by atoms with E-state index in [4.69, 9.17) is 5.73 Å². The van der Waals surface area contributed by atoms with Gasteiger partial charge in [-0.05, 0) is 52.4 Å².